The van der Waals surface area contributed by atoms with Gasteiger partial charge in [-0.3, -0.25) is 4.99 Å². The molecule has 0 radical (unpaired) electrons. The van der Waals surface area contributed by atoms with Crippen molar-refractivity contribution in [2.45, 2.75) is 37.8 Å². The van der Waals surface area contributed by atoms with E-state index < -0.39 is 0 Å². The molecule has 0 aromatic heterocycles. The van der Waals surface area contributed by atoms with Crippen molar-refractivity contribution in [2.75, 3.05) is 26.7 Å². The Hall–Kier alpha value is -0.770. The van der Waals surface area contributed by atoms with Gasteiger partial charge in [0.25, 0.3) is 0 Å². The molecule has 3 aliphatic rings. The van der Waals surface area contributed by atoms with Gasteiger partial charge in [-0.05, 0) is 39.2 Å². The molecule has 90 valence electrons. The lowest BCUT2D eigenvalue weighted by atomic mass is 9.95. The van der Waals surface area contributed by atoms with Crippen LogP contribution in [0.5, 0.6) is 0 Å². The van der Waals surface area contributed by atoms with Crippen molar-refractivity contribution < 1.29 is 0 Å². The zero-order valence-electron chi connectivity index (χ0n) is 10.3. The summed E-state index contributed by atoms with van der Waals surface area (Å²) in [7, 11) is 2.21. The van der Waals surface area contributed by atoms with E-state index in [4.69, 9.17) is 5.73 Å². The van der Waals surface area contributed by atoms with Crippen molar-refractivity contribution in [1.82, 2.24) is 9.80 Å². The van der Waals surface area contributed by atoms with Gasteiger partial charge in [-0.1, -0.05) is 0 Å². The largest absolute Gasteiger partial charge is 0.370 e. The van der Waals surface area contributed by atoms with Crippen LogP contribution < -0.4 is 5.73 Å². The van der Waals surface area contributed by atoms with Crippen LogP contribution in [0.1, 0.15) is 26.2 Å². The number of rotatable bonds is 2. The van der Waals surface area contributed by atoms with Gasteiger partial charge >= 0.3 is 0 Å². The molecule has 1 spiro atoms. The molecule has 0 bridgehead atoms. The van der Waals surface area contributed by atoms with Gasteiger partial charge < -0.3 is 15.5 Å². The Labute approximate surface area is 97.5 Å². The molecular weight excluding hydrogens is 200 g/mol. The minimum Gasteiger partial charge on any atom is -0.370 e. The summed E-state index contributed by atoms with van der Waals surface area (Å²) in [5.41, 5.74) is 6.28. The zero-order valence-corrected chi connectivity index (χ0v) is 10.3. The first-order valence-electron chi connectivity index (χ1n) is 6.38. The van der Waals surface area contributed by atoms with E-state index in [-0.39, 0.29) is 5.54 Å². The SMILES string of the molecule is CC1CC2(CN=C(N)N2CC2CC2)CN1C. The van der Waals surface area contributed by atoms with Crippen LogP contribution in [0.2, 0.25) is 0 Å². The first kappa shape index (κ1) is 10.4. The molecule has 2 unspecified atom stereocenters. The van der Waals surface area contributed by atoms with Crippen molar-refractivity contribution in [3.63, 3.8) is 0 Å². The molecule has 0 aromatic carbocycles. The van der Waals surface area contributed by atoms with Gasteiger partial charge in [0, 0.05) is 19.1 Å². The topological polar surface area (TPSA) is 44.9 Å². The van der Waals surface area contributed by atoms with Crippen molar-refractivity contribution >= 4 is 5.96 Å². The summed E-state index contributed by atoms with van der Waals surface area (Å²) >= 11 is 0. The first-order chi connectivity index (χ1) is 7.61. The van der Waals surface area contributed by atoms with Crippen molar-refractivity contribution in [3.8, 4) is 0 Å². The summed E-state index contributed by atoms with van der Waals surface area (Å²) < 4.78 is 0. The first-order valence-corrected chi connectivity index (χ1v) is 6.38. The maximum absolute atomic E-state index is 6.06. The molecular formula is C12H22N4. The van der Waals surface area contributed by atoms with Crippen LogP contribution in [0.15, 0.2) is 4.99 Å². The number of aliphatic imine (C=N–C) groups is 1. The smallest absolute Gasteiger partial charge is 0.191 e. The predicted molar refractivity (Wildman–Crippen MR) is 65.4 cm³/mol. The molecule has 2 atom stereocenters. The van der Waals surface area contributed by atoms with Crippen molar-refractivity contribution in [2.24, 2.45) is 16.6 Å². The van der Waals surface area contributed by atoms with Gasteiger partial charge in [-0.25, -0.2) is 0 Å². The second kappa shape index (κ2) is 3.36. The number of likely N-dealkylation sites (N-methyl/N-ethyl adjacent to an activating group) is 1. The molecule has 3 rings (SSSR count). The Bertz CT molecular complexity index is 311. The van der Waals surface area contributed by atoms with E-state index in [1.54, 1.807) is 0 Å². The maximum atomic E-state index is 6.06. The minimum atomic E-state index is 0.223. The monoisotopic (exact) mass is 222 g/mol. The van der Waals surface area contributed by atoms with Crippen LogP contribution in [-0.4, -0.2) is 54.0 Å². The molecule has 1 aliphatic carbocycles. The van der Waals surface area contributed by atoms with Gasteiger partial charge in [0.05, 0.1) is 12.1 Å². The number of hydrogen-bond acceptors (Lipinski definition) is 4. The van der Waals surface area contributed by atoms with Gasteiger partial charge in [0.1, 0.15) is 0 Å². The van der Waals surface area contributed by atoms with Gasteiger partial charge in [0.15, 0.2) is 5.96 Å². The van der Waals surface area contributed by atoms with E-state index in [1.807, 2.05) is 0 Å². The Morgan fingerprint density at radius 1 is 1.50 bits per heavy atom. The lowest BCUT2D eigenvalue weighted by molar-refractivity contribution is 0.198. The third-order valence-corrected chi connectivity index (χ3v) is 4.49. The summed E-state index contributed by atoms with van der Waals surface area (Å²) in [6.45, 7) is 5.46. The third kappa shape index (κ3) is 1.51. The van der Waals surface area contributed by atoms with Crippen molar-refractivity contribution in [1.29, 1.82) is 0 Å². The third-order valence-electron chi connectivity index (χ3n) is 4.49. The molecule has 1 saturated carbocycles. The van der Waals surface area contributed by atoms with E-state index in [9.17, 15) is 0 Å². The van der Waals surface area contributed by atoms with Crippen LogP contribution in [0.25, 0.3) is 0 Å². The lowest BCUT2D eigenvalue weighted by Gasteiger charge is -2.36. The number of guanidine groups is 1. The Morgan fingerprint density at radius 2 is 2.25 bits per heavy atom. The number of hydrogen-bond donors (Lipinski definition) is 1. The van der Waals surface area contributed by atoms with E-state index in [0.717, 1.165) is 31.5 Å². The Balaban J connectivity index is 1.79. The summed E-state index contributed by atoms with van der Waals surface area (Å²) in [6, 6.07) is 0.655. The van der Waals surface area contributed by atoms with Crippen molar-refractivity contribution in [3.05, 3.63) is 0 Å². The minimum absolute atomic E-state index is 0.223. The fraction of sp³-hybridized carbons (Fsp3) is 0.917. The molecule has 2 fully saturated rings. The summed E-state index contributed by atoms with van der Waals surface area (Å²) in [4.78, 5) is 9.34. The van der Waals surface area contributed by atoms with E-state index in [2.05, 4.69) is 28.8 Å². The van der Waals surface area contributed by atoms with E-state index >= 15 is 0 Å². The van der Waals surface area contributed by atoms with Crippen LogP contribution in [0.4, 0.5) is 0 Å². The molecule has 0 amide bonds. The molecule has 1 saturated heterocycles. The quantitative estimate of drug-likeness (QED) is 0.739. The highest BCUT2D eigenvalue weighted by Crippen LogP contribution is 2.38. The van der Waals surface area contributed by atoms with Gasteiger partial charge in [-0.15, -0.1) is 0 Å². The van der Waals surface area contributed by atoms with Crippen LogP contribution in [0.3, 0.4) is 0 Å². The van der Waals surface area contributed by atoms with Gasteiger partial charge in [-0.2, -0.15) is 0 Å². The maximum Gasteiger partial charge on any atom is 0.191 e. The standard InChI is InChI=1S/C12H22N4/c1-9-5-12(8-15(9)2)7-14-11(13)16(12)6-10-3-4-10/h9-10H,3-8H2,1-2H3,(H2,13,14). The summed E-state index contributed by atoms with van der Waals surface area (Å²) in [5, 5.41) is 0. The molecule has 16 heavy (non-hydrogen) atoms. The second-order valence-electron chi connectivity index (χ2n) is 5.92. The average Bonchev–Trinajstić information content (AvgIpc) is 2.95. The molecule has 2 N–H and O–H groups in total. The highest BCUT2D eigenvalue weighted by atomic mass is 15.4. The normalized spacial score (nSPS) is 39.8. The number of nitrogens with two attached hydrogens (primary N) is 1. The molecule has 4 nitrogen and oxygen atoms in total. The van der Waals surface area contributed by atoms with E-state index in [0.29, 0.717) is 6.04 Å². The number of nitrogens with zero attached hydrogens (tertiary/aromatic N) is 3. The Kier molecular flexibility index (Phi) is 2.18. The zero-order chi connectivity index (χ0) is 11.3. The molecule has 2 heterocycles. The van der Waals surface area contributed by atoms with Crippen LogP contribution in [0, 0.1) is 5.92 Å². The summed E-state index contributed by atoms with van der Waals surface area (Å²) in [6.07, 6.45) is 3.97. The van der Waals surface area contributed by atoms with Crippen LogP contribution >= 0.6 is 0 Å². The predicted octanol–water partition coefficient (Wildman–Crippen LogP) is 0.490. The fourth-order valence-electron chi connectivity index (χ4n) is 3.19. The highest BCUT2D eigenvalue weighted by Gasteiger charge is 2.49. The summed E-state index contributed by atoms with van der Waals surface area (Å²) in [5.74, 6) is 1.67. The molecule has 0 aromatic rings. The second-order valence-corrected chi connectivity index (χ2v) is 5.92. The molecule has 2 aliphatic heterocycles. The van der Waals surface area contributed by atoms with Gasteiger partial charge in [0.2, 0.25) is 0 Å². The lowest BCUT2D eigenvalue weighted by Crippen LogP contribution is -2.53. The molecule has 4 heteroatoms. The van der Waals surface area contributed by atoms with Crippen LogP contribution in [-0.2, 0) is 0 Å². The fourth-order valence-corrected chi connectivity index (χ4v) is 3.19. The van der Waals surface area contributed by atoms with E-state index in [1.165, 1.54) is 19.3 Å². The Morgan fingerprint density at radius 3 is 2.81 bits per heavy atom. The average molecular weight is 222 g/mol. The highest BCUT2D eigenvalue weighted by molar-refractivity contribution is 5.81. The number of likely N-dealkylation sites (tertiary alicyclic amines) is 1.